The van der Waals surface area contributed by atoms with Crippen molar-refractivity contribution in [3.63, 3.8) is 0 Å². The number of hydrogen-bond donors (Lipinski definition) is 2. The third-order valence-corrected chi connectivity index (χ3v) is 2.62. The van der Waals surface area contributed by atoms with Gasteiger partial charge in [0.25, 0.3) is 5.56 Å². The summed E-state index contributed by atoms with van der Waals surface area (Å²) < 4.78 is 1.22. The second-order valence-corrected chi connectivity index (χ2v) is 3.98. The molecule has 0 spiro atoms. The van der Waals surface area contributed by atoms with Crippen LogP contribution in [0.25, 0.3) is 0 Å². The highest BCUT2D eigenvalue weighted by Crippen LogP contribution is 1.99. The normalized spacial score (nSPS) is 9.63. The lowest BCUT2D eigenvalue weighted by Crippen LogP contribution is -2.35. The Balaban J connectivity index is 0.000000861. The standard InChI is InChI=1S/C13H14N2O2.CH4S/c1-10-9-12(16)15(13(17)14-10)8-7-11-5-3-2-4-6-11;1-2/h2-6,9H,7-8H2,1H3,(H,14,17);2H,1H3. The molecule has 0 saturated heterocycles. The number of nitrogens with zero attached hydrogens (tertiary/aromatic N) is 1. The first kappa shape index (κ1) is 15.3. The van der Waals surface area contributed by atoms with Crippen molar-refractivity contribution < 1.29 is 0 Å². The molecule has 0 aliphatic carbocycles. The zero-order valence-corrected chi connectivity index (χ0v) is 12.0. The molecule has 0 unspecified atom stereocenters. The Morgan fingerprint density at radius 3 is 2.37 bits per heavy atom. The molecule has 2 aromatic rings. The molecule has 0 bridgehead atoms. The Morgan fingerprint density at radius 1 is 1.16 bits per heavy atom. The van der Waals surface area contributed by atoms with E-state index in [1.165, 1.54) is 10.6 Å². The van der Waals surface area contributed by atoms with Crippen LogP contribution in [0, 0.1) is 6.92 Å². The lowest BCUT2D eigenvalue weighted by Gasteiger charge is -2.04. The van der Waals surface area contributed by atoms with Gasteiger partial charge >= 0.3 is 5.69 Å². The summed E-state index contributed by atoms with van der Waals surface area (Å²) in [4.78, 5) is 25.8. The van der Waals surface area contributed by atoms with Gasteiger partial charge in [-0.15, -0.1) is 0 Å². The predicted octanol–water partition coefficient (Wildman–Crippen LogP) is 1.63. The van der Waals surface area contributed by atoms with E-state index >= 15 is 0 Å². The summed E-state index contributed by atoms with van der Waals surface area (Å²) >= 11 is 3.53. The first-order valence-electron chi connectivity index (χ1n) is 5.96. The third-order valence-electron chi connectivity index (χ3n) is 2.62. The molecule has 1 aromatic heterocycles. The summed E-state index contributed by atoms with van der Waals surface area (Å²) in [5.74, 6) is 0. The number of nitrogens with one attached hydrogen (secondary N) is 1. The van der Waals surface area contributed by atoms with Gasteiger partial charge in [0.1, 0.15) is 0 Å². The third kappa shape index (κ3) is 4.44. The molecule has 19 heavy (non-hydrogen) atoms. The molecule has 2 rings (SSSR count). The van der Waals surface area contributed by atoms with Crippen LogP contribution in [0.3, 0.4) is 0 Å². The van der Waals surface area contributed by atoms with Crippen LogP contribution in [0.4, 0.5) is 0 Å². The minimum atomic E-state index is -0.342. The average Bonchev–Trinajstić information content (AvgIpc) is 2.41. The van der Waals surface area contributed by atoms with Gasteiger partial charge in [-0.25, -0.2) is 4.79 Å². The molecule has 5 heteroatoms. The molecule has 0 amide bonds. The van der Waals surface area contributed by atoms with Crippen molar-refractivity contribution in [3.05, 3.63) is 68.5 Å². The highest BCUT2D eigenvalue weighted by Gasteiger charge is 2.02. The number of thiol groups is 1. The monoisotopic (exact) mass is 278 g/mol. The Kier molecular flexibility index (Phi) is 6.15. The Bertz CT molecular complexity index is 586. The number of H-pyrrole nitrogens is 1. The van der Waals surface area contributed by atoms with E-state index in [9.17, 15) is 9.59 Å². The molecule has 102 valence electrons. The Morgan fingerprint density at radius 2 is 1.79 bits per heavy atom. The Hall–Kier alpha value is -1.75. The van der Waals surface area contributed by atoms with E-state index in [1.54, 1.807) is 13.2 Å². The van der Waals surface area contributed by atoms with Crippen LogP contribution in [0.15, 0.2) is 46.0 Å². The van der Waals surface area contributed by atoms with E-state index in [2.05, 4.69) is 17.6 Å². The predicted molar refractivity (Wildman–Crippen MR) is 81.1 cm³/mol. The second-order valence-electron chi connectivity index (χ2n) is 3.98. The molecule has 1 N–H and O–H groups in total. The molecule has 0 fully saturated rings. The maximum atomic E-state index is 11.6. The molecule has 0 radical (unpaired) electrons. The fourth-order valence-electron chi connectivity index (χ4n) is 1.73. The topological polar surface area (TPSA) is 54.9 Å². The summed E-state index contributed by atoms with van der Waals surface area (Å²) in [5.41, 5.74) is 1.11. The summed E-state index contributed by atoms with van der Waals surface area (Å²) in [5, 5.41) is 0. The van der Waals surface area contributed by atoms with Crippen molar-refractivity contribution >= 4 is 12.6 Å². The lowest BCUT2D eigenvalue weighted by molar-refractivity contribution is 0.624. The minimum Gasteiger partial charge on any atom is -0.311 e. The molecule has 0 aliphatic rings. The number of rotatable bonds is 3. The van der Waals surface area contributed by atoms with Crippen LogP contribution >= 0.6 is 12.6 Å². The molecule has 0 aliphatic heterocycles. The van der Waals surface area contributed by atoms with Gasteiger partial charge in [0, 0.05) is 18.3 Å². The van der Waals surface area contributed by atoms with Gasteiger partial charge in [-0.1, -0.05) is 30.3 Å². The van der Waals surface area contributed by atoms with Gasteiger partial charge in [-0.2, -0.15) is 12.6 Å². The fraction of sp³-hybridized carbons (Fsp3) is 0.286. The van der Waals surface area contributed by atoms with Crippen molar-refractivity contribution in [2.24, 2.45) is 0 Å². The maximum Gasteiger partial charge on any atom is 0.328 e. The quantitative estimate of drug-likeness (QED) is 0.839. The van der Waals surface area contributed by atoms with E-state index in [0.29, 0.717) is 18.7 Å². The van der Waals surface area contributed by atoms with Crippen molar-refractivity contribution in [2.75, 3.05) is 6.26 Å². The molecule has 0 saturated carbocycles. The van der Waals surface area contributed by atoms with Crippen molar-refractivity contribution in [1.29, 1.82) is 0 Å². The van der Waals surface area contributed by atoms with E-state index in [4.69, 9.17) is 0 Å². The van der Waals surface area contributed by atoms with Gasteiger partial charge in [-0.05, 0) is 25.2 Å². The number of aryl methyl sites for hydroxylation is 2. The largest absolute Gasteiger partial charge is 0.328 e. The molecule has 1 heterocycles. The average molecular weight is 278 g/mol. The maximum absolute atomic E-state index is 11.6. The Labute approximate surface area is 117 Å². The smallest absolute Gasteiger partial charge is 0.311 e. The number of benzene rings is 1. The van der Waals surface area contributed by atoms with Gasteiger partial charge in [0.05, 0.1) is 0 Å². The highest BCUT2D eigenvalue weighted by atomic mass is 32.1. The molecular formula is C14H18N2O2S. The van der Waals surface area contributed by atoms with Crippen LogP contribution in [0.2, 0.25) is 0 Å². The van der Waals surface area contributed by atoms with Gasteiger partial charge in [0.15, 0.2) is 0 Å². The highest BCUT2D eigenvalue weighted by molar-refractivity contribution is 7.79. The summed E-state index contributed by atoms with van der Waals surface area (Å²) in [6.07, 6.45) is 2.37. The van der Waals surface area contributed by atoms with Crippen LogP contribution in [-0.4, -0.2) is 15.8 Å². The molecule has 4 nitrogen and oxygen atoms in total. The van der Waals surface area contributed by atoms with E-state index < -0.39 is 0 Å². The van der Waals surface area contributed by atoms with Gasteiger partial charge < -0.3 is 4.98 Å². The SMILES string of the molecule is CS.Cc1cc(=O)n(CCc2ccccc2)c(=O)[nH]1. The van der Waals surface area contributed by atoms with Crippen LogP contribution in [0.5, 0.6) is 0 Å². The van der Waals surface area contributed by atoms with E-state index in [1.807, 2.05) is 30.3 Å². The first-order chi connectivity index (χ1) is 9.16. The van der Waals surface area contributed by atoms with E-state index in [-0.39, 0.29) is 11.2 Å². The molecular weight excluding hydrogens is 260 g/mol. The van der Waals surface area contributed by atoms with Crippen molar-refractivity contribution in [1.82, 2.24) is 9.55 Å². The van der Waals surface area contributed by atoms with Gasteiger partial charge in [-0.3, -0.25) is 9.36 Å². The first-order valence-corrected chi connectivity index (χ1v) is 6.85. The lowest BCUT2D eigenvalue weighted by atomic mass is 10.1. The second kappa shape index (κ2) is 7.63. The fourth-order valence-corrected chi connectivity index (χ4v) is 1.73. The summed E-state index contributed by atoms with van der Waals surface area (Å²) in [7, 11) is 0. The van der Waals surface area contributed by atoms with Crippen molar-refractivity contribution in [2.45, 2.75) is 19.9 Å². The van der Waals surface area contributed by atoms with E-state index in [0.717, 1.165) is 5.56 Å². The zero-order chi connectivity index (χ0) is 14.3. The van der Waals surface area contributed by atoms with Crippen LogP contribution in [0.1, 0.15) is 11.3 Å². The van der Waals surface area contributed by atoms with Crippen LogP contribution < -0.4 is 11.2 Å². The van der Waals surface area contributed by atoms with Crippen LogP contribution in [-0.2, 0) is 13.0 Å². The summed E-state index contributed by atoms with van der Waals surface area (Å²) in [6, 6.07) is 11.2. The number of hydrogen-bond acceptors (Lipinski definition) is 3. The number of aromatic amines is 1. The zero-order valence-electron chi connectivity index (χ0n) is 11.1. The molecule has 1 aromatic carbocycles. The van der Waals surface area contributed by atoms with Gasteiger partial charge in [0.2, 0.25) is 0 Å². The minimum absolute atomic E-state index is 0.248. The van der Waals surface area contributed by atoms with Crippen molar-refractivity contribution in [3.8, 4) is 0 Å². The number of aromatic nitrogens is 2. The summed E-state index contributed by atoms with van der Waals surface area (Å²) in [6.45, 7) is 2.10. The molecule has 0 atom stereocenters.